The summed E-state index contributed by atoms with van der Waals surface area (Å²) in [5.41, 5.74) is 45.5. The van der Waals surface area contributed by atoms with Gasteiger partial charge >= 0.3 is 0 Å². The van der Waals surface area contributed by atoms with Crippen molar-refractivity contribution in [1.82, 2.24) is 9.97 Å². The van der Waals surface area contributed by atoms with Crippen molar-refractivity contribution in [3.05, 3.63) is 378 Å². The molecule has 738 valence electrons. The number of aryl methyl sites for hydroxylation is 15. The molecule has 0 aliphatic rings. The predicted molar refractivity (Wildman–Crippen MR) is 612 cm³/mol. The summed E-state index contributed by atoms with van der Waals surface area (Å²) in [7, 11) is 13.0. The van der Waals surface area contributed by atoms with Gasteiger partial charge in [0.1, 0.15) is 42.3 Å². The second-order valence-corrected chi connectivity index (χ2v) is 45.5. The Bertz CT molecular complexity index is 7690. The van der Waals surface area contributed by atoms with E-state index < -0.39 is 0 Å². The van der Waals surface area contributed by atoms with E-state index in [1.807, 2.05) is 24.8 Å². The van der Waals surface area contributed by atoms with Crippen molar-refractivity contribution in [2.75, 3.05) is 0 Å². The molecule has 0 saturated heterocycles. The van der Waals surface area contributed by atoms with Crippen LogP contribution in [0.25, 0.3) is 132 Å². The van der Waals surface area contributed by atoms with E-state index in [4.69, 9.17) is 0 Å². The molecular formula is C135H164N8+6. The fourth-order valence-corrected chi connectivity index (χ4v) is 20.1. The fourth-order valence-electron chi connectivity index (χ4n) is 20.1. The SMILES string of the molecule is CCC(C)c1ccc2c(-c3ccncc3C)[n+](C)c(C)cc2c1.CCC(C)c1ccc2c(-c3cnccc3C)[n+](C)c(C)cc2c1.CCc1ccc(C)c(-c2c3ccc(C(C)(C)C)cc3cc(C)[n+]2C)c1.Cc1cc(C)c(C)c(-c2c3ccc(C(C)(C)C)cc3cc(C)[n+]2C)c1.Cc1ccc(C)c(-c2c3ccc(C(C)(C)C)cc3cc(C)[n+]2C)c1.Cc1ccccc1-c1c2ccc(C(C)(C)C)cc2cc(C)[n+]1C. The van der Waals surface area contributed by atoms with Crippen molar-refractivity contribution >= 4 is 64.6 Å². The summed E-state index contributed by atoms with van der Waals surface area (Å²) in [6.45, 7) is 71.4. The van der Waals surface area contributed by atoms with E-state index in [2.05, 4.69) is 532 Å². The van der Waals surface area contributed by atoms with E-state index in [0.29, 0.717) is 11.8 Å². The van der Waals surface area contributed by atoms with Gasteiger partial charge in [-0.25, -0.2) is 0 Å². The zero-order valence-electron chi connectivity index (χ0n) is 94.1. The lowest BCUT2D eigenvalue weighted by molar-refractivity contribution is -0.665. The molecule has 8 nitrogen and oxygen atoms in total. The quantitative estimate of drug-likeness (QED) is 0.121. The first-order chi connectivity index (χ1) is 67.3. The number of fused-ring (bicyclic) bond motifs is 6. The molecule has 10 aromatic carbocycles. The maximum atomic E-state index is 4.35. The van der Waals surface area contributed by atoms with Gasteiger partial charge in [0.25, 0.3) is 0 Å². The Morgan fingerprint density at radius 3 is 0.902 bits per heavy atom. The van der Waals surface area contributed by atoms with Crippen LogP contribution in [0.4, 0.5) is 0 Å². The number of rotatable bonds is 11. The van der Waals surface area contributed by atoms with E-state index in [-0.39, 0.29) is 21.7 Å². The van der Waals surface area contributed by atoms with Crippen molar-refractivity contribution < 1.29 is 27.4 Å². The largest absolute Gasteiger partial charge is 0.264 e. The van der Waals surface area contributed by atoms with Gasteiger partial charge in [-0.15, -0.1) is 0 Å². The monoisotopic (exact) mass is 1900 g/mol. The summed E-state index contributed by atoms with van der Waals surface area (Å²) < 4.78 is 13.9. The molecule has 0 radical (unpaired) electrons. The standard InChI is InChI=1S/2C24H30N.C23H28N.C22H26N.2C21H25N2/c1-15-11-16(2)18(4)22(12-15)23-21-10-9-20(24(5,6)7)14-19(21)13-17(3)25(23)8;1-8-18-10-9-16(2)22(14-18)23-21-12-11-20(24(4,5)6)15-19(21)13-17(3)25(23)7;1-15-8-9-16(2)21(12-15)22-20-11-10-19(23(4,5)6)14-18(20)13-17(3)24(22)7;1-15-9-7-8-10-19(15)21-20-12-11-18(22(3,4)5)14-17(20)13-16(2)23(21)6;1-6-14(2)17-7-8-20-18(12-17)11-16(4)23(5)21(20)19-9-10-22-13-15(19)3;1-6-14(2)17-7-8-19-18(12-17)11-16(4)23(5)21(19)20-13-22-10-9-15(20)3/h9-14H,1-8H3;9-15H,8H2,1-7H3;8-14H,1-7H3;7-14H,1-6H3;2*7-14H,6H2,1-5H3/q6*+1. The molecule has 0 amide bonds. The van der Waals surface area contributed by atoms with Crippen LogP contribution in [0.15, 0.2) is 255 Å². The molecule has 143 heavy (non-hydrogen) atoms. The van der Waals surface area contributed by atoms with Gasteiger partial charge in [0, 0.05) is 119 Å². The fraction of sp³-hybridized carbons (Fsp3) is 0.348. The van der Waals surface area contributed by atoms with Crippen LogP contribution in [-0.2, 0) is 70.4 Å². The van der Waals surface area contributed by atoms with Gasteiger partial charge in [-0.3, -0.25) is 9.97 Å². The minimum atomic E-state index is 0.163. The first-order valence-corrected chi connectivity index (χ1v) is 52.1. The second kappa shape index (κ2) is 43.6. The van der Waals surface area contributed by atoms with Crippen LogP contribution in [0, 0.1) is 104 Å². The normalized spacial score (nSPS) is 12.2. The van der Waals surface area contributed by atoms with Crippen molar-refractivity contribution in [2.45, 2.75) is 274 Å². The third-order valence-corrected chi connectivity index (χ3v) is 30.7. The summed E-state index contributed by atoms with van der Waals surface area (Å²) in [5.74, 6) is 1.19. The first-order valence-electron chi connectivity index (χ1n) is 52.1. The number of aromatic nitrogens is 8. The lowest BCUT2D eigenvalue weighted by Crippen LogP contribution is -2.35. The minimum absolute atomic E-state index is 0.163. The Morgan fingerprint density at radius 2 is 0.545 bits per heavy atom. The maximum Gasteiger partial charge on any atom is 0.222 e. The topological polar surface area (TPSA) is 49.1 Å². The third kappa shape index (κ3) is 23.4. The van der Waals surface area contributed by atoms with Gasteiger partial charge in [-0.05, 0) is 298 Å². The first kappa shape index (κ1) is 107. The molecule has 0 N–H and O–H groups in total. The number of nitrogens with zero attached hydrogens (tertiary/aromatic N) is 8. The summed E-state index contributed by atoms with van der Waals surface area (Å²) in [5, 5.41) is 15.9. The predicted octanol–water partition coefficient (Wildman–Crippen LogP) is 32.2. The second-order valence-electron chi connectivity index (χ2n) is 45.5. The Labute approximate surface area is 858 Å². The lowest BCUT2D eigenvalue weighted by Gasteiger charge is -2.20. The summed E-state index contributed by atoms with van der Waals surface area (Å²) >= 11 is 0. The van der Waals surface area contributed by atoms with Crippen molar-refractivity contribution in [1.29, 1.82) is 0 Å². The Kier molecular flexibility index (Phi) is 32.7. The van der Waals surface area contributed by atoms with Gasteiger partial charge < -0.3 is 0 Å². The maximum absolute atomic E-state index is 4.35. The molecule has 8 aromatic heterocycles. The molecule has 18 rings (SSSR count). The van der Waals surface area contributed by atoms with Gasteiger partial charge in [0.2, 0.25) is 34.2 Å². The lowest BCUT2D eigenvalue weighted by atomic mass is 9.85. The van der Waals surface area contributed by atoms with Crippen LogP contribution in [0.5, 0.6) is 0 Å². The third-order valence-electron chi connectivity index (χ3n) is 30.7. The van der Waals surface area contributed by atoms with Gasteiger partial charge in [-0.2, -0.15) is 27.4 Å². The highest BCUT2D eigenvalue weighted by Crippen LogP contribution is 2.41. The van der Waals surface area contributed by atoms with Gasteiger partial charge in [0.15, 0.2) is 34.2 Å². The highest BCUT2D eigenvalue weighted by Gasteiger charge is 2.31. The van der Waals surface area contributed by atoms with Crippen LogP contribution in [0.3, 0.4) is 0 Å². The van der Waals surface area contributed by atoms with Crippen LogP contribution in [0.2, 0.25) is 0 Å². The van der Waals surface area contributed by atoms with Gasteiger partial charge in [0.05, 0.1) is 49.0 Å². The molecule has 0 spiro atoms. The Morgan fingerprint density at radius 1 is 0.245 bits per heavy atom. The molecule has 0 fully saturated rings. The van der Waals surface area contributed by atoms with Crippen molar-refractivity contribution in [3.63, 3.8) is 0 Å². The van der Waals surface area contributed by atoms with Crippen LogP contribution in [-0.4, -0.2) is 9.97 Å². The Balaban J connectivity index is 0.000000144. The average molecular weight is 1900 g/mol. The number of benzene rings is 10. The van der Waals surface area contributed by atoms with E-state index in [0.717, 1.165) is 6.42 Å². The zero-order chi connectivity index (χ0) is 104. The summed E-state index contributed by atoms with van der Waals surface area (Å²) in [6, 6.07) is 86.4. The zero-order valence-corrected chi connectivity index (χ0v) is 94.1. The number of pyridine rings is 8. The molecule has 0 aliphatic heterocycles. The highest BCUT2D eigenvalue weighted by molar-refractivity contribution is 6.00. The van der Waals surface area contributed by atoms with E-state index in [1.165, 1.54) is 268 Å². The Hall–Kier alpha value is -13.0. The van der Waals surface area contributed by atoms with Crippen LogP contribution >= 0.6 is 0 Å². The average Bonchev–Trinajstić information content (AvgIpc) is 0.823. The van der Waals surface area contributed by atoms with Crippen LogP contribution in [0.1, 0.15) is 266 Å². The summed E-state index contributed by atoms with van der Waals surface area (Å²) in [4.78, 5) is 8.59. The molecule has 8 heterocycles. The van der Waals surface area contributed by atoms with Crippen molar-refractivity contribution in [2.24, 2.45) is 42.3 Å². The molecule has 8 heteroatoms. The molecule has 2 atom stereocenters. The molecule has 0 bridgehead atoms. The molecular weight excluding hydrogens is 1730 g/mol. The molecule has 0 saturated carbocycles. The van der Waals surface area contributed by atoms with E-state index >= 15 is 0 Å². The van der Waals surface area contributed by atoms with Gasteiger partial charge in [-0.1, -0.05) is 250 Å². The minimum Gasteiger partial charge on any atom is -0.264 e. The number of hydrogen-bond acceptors (Lipinski definition) is 2. The summed E-state index contributed by atoms with van der Waals surface area (Å²) in [6.07, 6.45) is 11.1. The van der Waals surface area contributed by atoms with E-state index in [1.54, 1.807) is 0 Å². The molecule has 2 unspecified atom stereocenters. The molecule has 18 aromatic rings. The highest BCUT2D eigenvalue weighted by atomic mass is 15.0. The van der Waals surface area contributed by atoms with Crippen LogP contribution < -0.4 is 27.4 Å². The smallest absolute Gasteiger partial charge is 0.222 e. The molecule has 0 aliphatic carbocycles. The van der Waals surface area contributed by atoms with E-state index in [9.17, 15) is 0 Å². The van der Waals surface area contributed by atoms with Crippen molar-refractivity contribution in [3.8, 4) is 67.5 Å². The number of hydrogen-bond donors (Lipinski definition) is 0.